The first-order valence-corrected chi connectivity index (χ1v) is 8.58. The van der Waals surface area contributed by atoms with E-state index in [9.17, 15) is 4.79 Å². The van der Waals surface area contributed by atoms with Crippen LogP contribution < -0.4 is 29.6 Å². The minimum atomic E-state index is -0.276. The number of pyridine rings is 1. The zero-order chi connectivity index (χ0) is 18.9. The van der Waals surface area contributed by atoms with Crippen LogP contribution in [-0.2, 0) is 0 Å². The van der Waals surface area contributed by atoms with Crippen LogP contribution in [0.25, 0.3) is 0 Å². The van der Waals surface area contributed by atoms with Crippen molar-refractivity contribution in [3.05, 3.63) is 60.3 Å². The van der Waals surface area contributed by atoms with E-state index in [0.29, 0.717) is 28.6 Å². The number of nitrogens with one attached hydrogen (secondary N) is 2. The van der Waals surface area contributed by atoms with Gasteiger partial charge in [0, 0.05) is 17.3 Å². The largest absolute Gasteiger partial charge is 0.454 e. The average molecular weight is 377 g/mol. The predicted octanol–water partition coefficient (Wildman–Crippen LogP) is 3.53. The molecule has 0 saturated heterocycles. The molecule has 0 bridgehead atoms. The van der Waals surface area contributed by atoms with Gasteiger partial charge in [0.25, 0.3) is 5.91 Å². The van der Waals surface area contributed by atoms with Crippen LogP contribution in [0, 0.1) is 0 Å². The van der Waals surface area contributed by atoms with E-state index >= 15 is 0 Å². The first-order chi connectivity index (χ1) is 13.7. The lowest BCUT2D eigenvalue weighted by atomic mass is 10.2. The number of aromatic nitrogens is 1. The highest BCUT2D eigenvalue weighted by Crippen LogP contribution is 2.35. The second-order valence-electron chi connectivity index (χ2n) is 6.15. The van der Waals surface area contributed by atoms with Crippen molar-refractivity contribution < 1.29 is 23.7 Å². The summed E-state index contributed by atoms with van der Waals surface area (Å²) in [7, 11) is 0. The third-order valence-corrected chi connectivity index (χ3v) is 4.30. The number of hydrogen-bond acceptors (Lipinski definition) is 7. The molecule has 1 aromatic heterocycles. The van der Waals surface area contributed by atoms with Crippen molar-refractivity contribution in [2.24, 2.45) is 0 Å². The molecule has 1 amide bonds. The Morgan fingerprint density at radius 2 is 1.46 bits per heavy atom. The van der Waals surface area contributed by atoms with Crippen LogP contribution in [0.3, 0.4) is 0 Å². The van der Waals surface area contributed by atoms with Crippen LogP contribution in [0.15, 0.2) is 54.7 Å². The number of carbonyl (C=O) groups is 1. The lowest BCUT2D eigenvalue weighted by molar-refractivity contribution is 0.102. The first-order valence-electron chi connectivity index (χ1n) is 8.58. The summed E-state index contributed by atoms with van der Waals surface area (Å²) >= 11 is 0. The summed E-state index contributed by atoms with van der Waals surface area (Å²) in [6.45, 7) is 0.401. The fourth-order valence-electron chi connectivity index (χ4n) is 2.91. The normalized spacial score (nSPS) is 13.3. The van der Waals surface area contributed by atoms with Gasteiger partial charge in [-0.15, -0.1) is 0 Å². The minimum absolute atomic E-state index is 0.166. The Morgan fingerprint density at radius 3 is 2.21 bits per heavy atom. The van der Waals surface area contributed by atoms with E-state index in [4.69, 9.17) is 18.9 Å². The van der Waals surface area contributed by atoms with Crippen molar-refractivity contribution in [2.75, 3.05) is 24.2 Å². The van der Waals surface area contributed by atoms with Gasteiger partial charge in [-0.3, -0.25) is 4.79 Å². The zero-order valence-corrected chi connectivity index (χ0v) is 14.6. The second kappa shape index (κ2) is 6.66. The molecule has 0 saturated carbocycles. The SMILES string of the molecule is O=C(Nc1ccc(Nc2ccc3c(c2)OCO3)cn1)c1ccc2c(c1)OCO2. The van der Waals surface area contributed by atoms with Crippen molar-refractivity contribution in [3.8, 4) is 23.0 Å². The van der Waals surface area contributed by atoms with Crippen LogP contribution in [0.4, 0.5) is 17.2 Å². The Hall–Kier alpha value is -3.94. The standard InChI is InChI=1S/C20H15N3O5/c24-20(12-1-4-15-17(7-12)27-10-25-15)23-19-6-3-14(9-21-19)22-13-2-5-16-18(8-13)28-11-26-16/h1-9,22H,10-11H2,(H,21,23,24). The molecule has 0 radical (unpaired) electrons. The Balaban J connectivity index is 1.25. The molecule has 5 rings (SSSR count). The molecule has 3 heterocycles. The van der Waals surface area contributed by atoms with Gasteiger partial charge in [0.2, 0.25) is 13.6 Å². The molecule has 2 N–H and O–H groups in total. The molecule has 0 unspecified atom stereocenters. The summed E-state index contributed by atoms with van der Waals surface area (Å²) in [4.78, 5) is 16.7. The second-order valence-corrected chi connectivity index (χ2v) is 6.15. The number of ether oxygens (including phenoxy) is 4. The topological polar surface area (TPSA) is 90.9 Å². The Bertz CT molecular complexity index is 1050. The number of hydrogen-bond donors (Lipinski definition) is 2. The molecule has 0 spiro atoms. The van der Waals surface area contributed by atoms with Crippen molar-refractivity contribution >= 4 is 23.1 Å². The van der Waals surface area contributed by atoms with Crippen molar-refractivity contribution in [3.63, 3.8) is 0 Å². The molecule has 140 valence electrons. The number of carbonyl (C=O) groups excluding carboxylic acids is 1. The Morgan fingerprint density at radius 1 is 0.786 bits per heavy atom. The lowest BCUT2D eigenvalue weighted by Gasteiger charge is -2.09. The predicted molar refractivity (Wildman–Crippen MR) is 101 cm³/mol. The molecular weight excluding hydrogens is 362 g/mol. The Labute approximate surface area is 160 Å². The quantitative estimate of drug-likeness (QED) is 0.719. The molecule has 3 aromatic rings. The molecule has 2 aliphatic rings. The van der Waals surface area contributed by atoms with Gasteiger partial charge in [-0.2, -0.15) is 0 Å². The fraction of sp³-hybridized carbons (Fsp3) is 0.100. The highest BCUT2D eigenvalue weighted by atomic mass is 16.7. The molecule has 2 aliphatic heterocycles. The number of amides is 1. The third-order valence-electron chi connectivity index (χ3n) is 4.30. The van der Waals surface area contributed by atoms with Gasteiger partial charge in [0.1, 0.15) is 5.82 Å². The van der Waals surface area contributed by atoms with Gasteiger partial charge in [-0.05, 0) is 42.5 Å². The summed E-state index contributed by atoms with van der Waals surface area (Å²) in [5, 5.41) is 6.00. The highest BCUT2D eigenvalue weighted by molar-refractivity contribution is 6.04. The van der Waals surface area contributed by atoms with E-state index in [0.717, 1.165) is 17.1 Å². The molecule has 8 heteroatoms. The summed E-state index contributed by atoms with van der Waals surface area (Å²) < 4.78 is 21.2. The molecular formula is C20H15N3O5. The average Bonchev–Trinajstić information content (AvgIpc) is 3.37. The van der Waals surface area contributed by atoms with Gasteiger partial charge in [0.05, 0.1) is 11.9 Å². The summed E-state index contributed by atoms with van der Waals surface area (Å²) in [6, 6.07) is 14.2. The van der Waals surface area contributed by atoms with Crippen LogP contribution in [-0.4, -0.2) is 24.5 Å². The summed E-state index contributed by atoms with van der Waals surface area (Å²) in [5.41, 5.74) is 2.09. The lowest BCUT2D eigenvalue weighted by Crippen LogP contribution is -2.12. The number of nitrogens with zero attached hydrogens (tertiary/aromatic N) is 1. The minimum Gasteiger partial charge on any atom is -0.454 e. The van der Waals surface area contributed by atoms with E-state index < -0.39 is 0 Å². The smallest absolute Gasteiger partial charge is 0.256 e. The van der Waals surface area contributed by atoms with Gasteiger partial charge < -0.3 is 29.6 Å². The molecule has 2 aromatic carbocycles. The fourth-order valence-corrected chi connectivity index (χ4v) is 2.91. The van der Waals surface area contributed by atoms with E-state index in [1.54, 1.807) is 30.5 Å². The van der Waals surface area contributed by atoms with Crippen LogP contribution in [0.5, 0.6) is 23.0 Å². The van der Waals surface area contributed by atoms with Crippen LogP contribution in [0.1, 0.15) is 10.4 Å². The maximum absolute atomic E-state index is 12.4. The third kappa shape index (κ3) is 3.11. The number of rotatable bonds is 4. The Kier molecular flexibility index (Phi) is 3.86. The molecule has 0 atom stereocenters. The maximum Gasteiger partial charge on any atom is 0.256 e. The number of fused-ring (bicyclic) bond motifs is 2. The van der Waals surface area contributed by atoms with Crippen LogP contribution in [0.2, 0.25) is 0 Å². The van der Waals surface area contributed by atoms with Gasteiger partial charge >= 0.3 is 0 Å². The highest BCUT2D eigenvalue weighted by Gasteiger charge is 2.17. The summed E-state index contributed by atoms with van der Waals surface area (Å²) in [6.07, 6.45) is 1.64. The number of benzene rings is 2. The molecule has 28 heavy (non-hydrogen) atoms. The van der Waals surface area contributed by atoms with E-state index in [2.05, 4.69) is 15.6 Å². The van der Waals surface area contributed by atoms with Crippen molar-refractivity contribution in [1.29, 1.82) is 0 Å². The van der Waals surface area contributed by atoms with Gasteiger partial charge in [-0.25, -0.2) is 4.98 Å². The maximum atomic E-state index is 12.4. The van der Waals surface area contributed by atoms with Crippen molar-refractivity contribution in [1.82, 2.24) is 4.98 Å². The van der Waals surface area contributed by atoms with E-state index in [1.807, 2.05) is 24.3 Å². The van der Waals surface area contributed by atoms with E-state index in [-0.39, 0.29) is 19.5 Å². The summed E-state index contributed by atoms with van der Waals surface area (Å²) in [5.74, 6) is 2.79. The first kappa shape index (κ1) is 16.2. The van der Waals surface area contributed by atoms with Crippen molar-refractivity contribution in [2.45, 2.75) is 0 Å². The molecule has 0 fully saturated rings. The van der Waals surface area contributed by atoms with E-state index in [1.165, 1.54) is 0 Å². The number of anilines is 3. The van der Waals surface area contributed by atoms with Crippen LogP contribution >= 0.6 is 0 Å². The molecule has 0 aliphatic carbocycles. The monoisotopic (exact) mass is 377 g/mol. The molecule has 8 nitrogen and oxygen atoms in total. The van der Waals surface area contributed by atoms with Gasteiger partial charge in [0.15, 0.2) is 23.0 Å². The van der Waals surface area contributed by atoms with Gasteiger partial charge in [-0.1, -0.05) is 0 Å². The zero-order valence-electron chi connectivity index (χ0n) is 14.6.